The molecular weight excluding hydrogens is 448 g/mol. The summed E-state index contributed by atoms with van der Waals surface area (Å²) in [6, 6.07) is 30.5. The van der Waals surface area contributed by atoms with Crippen molar-refractivity contribution in [2.45, 2.75) is 12.8 Å². The monoisotopic (exact) mass is 482 g/mol. The van der Waals surface area contributed by atoms with Crippen molar-refractivity contribution in [1.29, 1.82) is 0 Å². The van der Waals surface area contributed by atoms with Crippen LogP contribution in [0, 0.1) is 5.92 Å². The second-order valence-electron chi connectivity index (χ2n) is 9.55. The van der Waals surface area contributed by atoms with Crippen LogP contribution >= 0.6 is 0 Å². The van der Waals surface area contributed by atoms with Gasteiger partial charge in [0.05, 0.1) is 5.69 Å². The summed E-state index contributed by atoms with van der Waals surface area (Å²) >= 11 is 0. The second-order valence-corrected chi connectivity index (χ2v) is 9.55. The van der Waals surface area contributed by atoms with Gasteiger partial charge >= 0.3 is 0 Å². The van der Waals surface area contributed by atoms with Gasteiger partial charge in [-0.1, -0.05) is 85.0 Å². The van der Waals surface area contributed by atoms with Crippen molar-refractivity contribution < 1.29 is 0 Å². The first-order valence-corrected chi connectivity index (χ1v) is 13.0. The molecule has 0 bridgehead atoms. The number of fused-ring (bicyclic) bond motifs is 2. The molecule has 0 aliphatic heterocycles. The molecule has 0 spiro atoms. The Morgan fingerprint density at radius 1 is 0.838 bits per heavy atom. The van der Waals surface area contributed by atoms with Crippen molar-refractivity contribution in [3.05, 3.63) is 140 Å². The van der Waals surface area contributed by atoms with E-state index in [2.05, 4.69) is 139 Å². The topological polar surface area (TPSA) is 6.48 Å². The van der Waals surface area contributed by atoms with Gasteiger partial charge in [-0.2, -0.15) is 0 Å². The van der Waals surface area contributed by atoms with E-state index < -0.39 is 0 Å². The maximum Gasteiger partial charge on any atom is 0.0564 e. The normalized spacial score (nSPS) is 13.0. The van der Waals surface area contributed by atoms with Crippen molar-refractivity contribution in [2.24, 2.45) is 5.92 Å². The number of anilines is 4. The van der Waals surface area contributed by atoms with Crippen LogP contribution in [0.1, 0.15) is 17.5 Å². The fourth-order valence-electron chi connectivity index (χ4n) is 5.19. The molecule has 5 rings (SSSR count). The van der Waals surface area contributed by atoms with Crippen molar-refractivity contribution in [1.82, 2.24) is 0 Å². The number of hydrogen-bond acceptors (Lipinski definition) is 2. The van der Waals surface area contributed by atoms with Gasteiger partial charge in [0, 0.05) is 41.6 Å². The molecule has 0 heterocycles. The summed E-state index contributed by atoms with van der Waals surface area (Å²) in [4.78, 5) is 4.70. The molecule has 1 atom stereocenters. The Balaban J connectivity index is 1.53. The lowest BCUT2D eigenvalue weighted by atomic mass is 9.95. The van der Waals surface area contributed by atoms with E-state index in [4.69, 9.17) is 0 Å². The third kappa shape index (κ3) is 5.15. The third-order valence-corrected chi connectivity index (χ3v) is 7.17. The number of para-hydroxylation sites is 1. The highest BCUT2D eigenvalue weighted by Crippen LogP contribution is 2.39. The summed E-state index contributed by atoms with van der Waals surface area (Å²) < 4.78 is 0. The molecule has 0 aromatic heterocycles. The molecule has 0 fully saturated rings. The Labute approximate surface area is 221 Å². The van der Waals surface area contributed by atoms with Gasteiger partial charge in [0.15, 0.2) is 0 Å². The van der Waals surface area contributed by atoms with Crippen LogP contribution in [0.25, 0.3) is 16.8 Å². The second kappa shape index (κ2) is 11.2. The van der Waals surface area contributed by atoms with Gasteiger partial charge in [-0.15, -0.1) is 13.2 Å². The molecule has 0 amide bonds. The van der Waals surface area contributed by atoms with Crippen LogP contribution in [0.15, 0.2) is 128 Å². The van der Waals surface area contributed by atoms with Gasteiger partial charge in [0.1, 0.15) is 0 Å². The summed E-state index contributed by atoms with van der Waals surface area (Å²) in [6.07, 6.45) is 14.6. The van der Waals surface area contributed by atoms with Crippen LogP contribution in [0.3, 0.4) is 0 Å². The van der Waals surface area contributed by atoms with Gasteiger partial charge in [-0.3, -0.25) is 0 Å². The molecule has 4 aromatic rings. The first-order valence-electron chi connectivity index (χ1n) is 13.0. The Kier molecular flexibility index (Phi) is 7.37. The van der Waals surface area contributed by atoms with Gasteiger partial charge in [-0.05, 0) is 66.1 Å². The number of hydrogen-bond donors (Lipinski definition) is 0. The van der Waals surface area contributed by atoms with Crippen LogP contribution in [0.2, 0.25) is 0 Å². The first kappa shape index (κ1) is 24.4. The lowest BCUT2D eigenvalue weighted by Crippen LogP contribution is -2.24. The van der Waals surface area contributed by atoms with Gasteiger partial charge in [-0.25, -0.2) is 0 Å². The van der Waals surface area contributed by atoms with Crippen molar-refractivity contribution >= 4 is 39.6 Å². The van der Waals surface area contributed by atoms with E-state index in [1.54, 1.807) is 0 Å². The molecule has 4 aromatic carbocycles. The minimum absolute atomic E-state index is 0.326. The summed E-state index contributed by atoms with van der Waals surface area (Å²) in [5.74, 6) is 0.326. The summed E-state index contributed by atoms with van der Waals surface area (Å²) in [6.45, 7) is 8.86. The SMILES string of the molecule is C=CCC(C=C)CN(c1ccccc1)c1ccc(N(C)c2c3c(cc4ccccc24)CC=CC=C3)cc1. The van der Waals surface area contributed by atoms with Crippen molar-refractivity contribution in [2.75, 3.05) is 23.4 Å². The standard InChI is InChI=1S/C35H34N2/c1-4-14-27(5-2)26-37(31-17-9-7-10-18-31)32-23-21-30(22-24-32)36(3)35-33-19-11-6-8-15-28(33)25-29-16-12-13-20-34(29)35/h4-13,16-25,27H,1-2,14-15,26H2,3H3. The smallest absolute Gasteiger partial charge is 0.0564 e. The number of rotatable bonds is 9. The van der Waals surface area contributed by atoms with Crippen molar-refractivity contribution in [3.63, 3.8) is 0 Å². The molecule has 2 nitrogen and oxygen atoms in total. The van der Waals surface area contributed by atoms with Crippen LogP contribution in [-0.2, 0) is 6.42 Å². The lowest BCUT2D eigenvalue weighted by molar-refractivity contribution is 0.664. The molecular formula is C35H34N2. The van der Waals surface area contributed by atoms with E-state index in [0.717, 1.165) is 25.1 Å². The Hall–Kier alpha value is -4.30. The molecule has 184 valence electrons. The third-order valence-electron chi connectivity index (χ3n) is 7.17. The fraction of sp³-hybridized carbons (Fsp3) is 0.143. The van der Waals surface area contributed by atoms with E-state index >= 15 is 0 Å². The van der Waals surface area contributed by atoms with E-state index in [-0.39, 0.29) is 0 Å². The van der Waals surface area contributed by atoms with Crippen molar-refractivity contribution in [3.8, 4) is 0 Å². The minimum Gasteiger partial charge on any atom is -0.344 e. The predicted molar refractivity (Wildman–Crippen MR) is 162 cm³/mol. The Bertz CT molecular complexity index is 1440. The first-order chi connectivity index (χ1) is 18.2. The molecule has 37 heavy (non-hydrogen) atoms. The van der Waals surface area contributed by atoms with Gasteiger partial charge < -0.3 is 9.80 Å². The number of nitrogens with zero attached hydrogens (tertiary/aromatic N) is 2. The Morgan fingerprint density at radius 3 is 2.30 bits per heavy atom. The average Bonchev–Trinajstić information content (AvgIpc) is 3.19. The molecule has 1 aliphatic carbocycles. The summed E-state index contributed by atoms with van der Waals surface area (Å²) in [7, 11) is 2.18. The van der Waals surface area contributed by atoms with E-state index in [1.807, 2.05) is 12.2 Å². The van der Waals surface area contributed by atoms with Crippen LogP contribution < -0.4 is 9.80 Å². The largest absolute Gasteiger partial charge is 0.344 e. The molecule has 0 N–H and O–H groups in total. The molecule has 0 radical (unpaired) electrons. The fourth-order valence-corrected chi connectivity index (χ4v) is 5.19. The van der Waals surface area contributed by atoms with Crippen LogP contribution in [0.5, 0.6) is 0 Å². The minimum atomic E-state index is 0.326. The molecule has 1 aliphatic rings. The highest BCUT2D eigenvalue weighted by molar-refractivity contribution is 6.01. The van der Waals surface area contributed by atoms with Gasteiger partial charge in [0.25, 0.3) is 0 Å². The quantitative estimate of drug-likeness (QED) is 0.219. The van der Waals surface area contributed by atoms with E-state index in [1.165, 1.54) is 39.0 Å². The molecule has 0 saturated heterocycles. The summed E-state index contributed by atoms with van der Waals surface area (Å²) in [5.41, 5.74) is 7.40. The zero-order valence-corrected chi connectivity index (χ0v) is 21.6. The Morgan fingerprint density at radius 2 is 1.54 bits per heavy atom. The van der Waals surface area contributed by atoms with Crippen LogP contribution in [-0.4, -0.2) is 13.6 Å². The van der Waals surface area contributed by atoms with Gasteiger partial charge in [0.2, 0.25) is 0 Å². The van der Waals surface area contributed by atoms with E-state index in [0.29, 0.717) is 5.92 Å². The zero-order valence-electron chi connectivity index (χ0n) is 21.6. The van der Waals surface area contributed by atoms with Crippen LogP contribution in [0.4, 0.5) is 22.7 Å². The average molecular weight is 483 g/mol. The highest BCUT2D eigenvalue weighted by Gasteiger charge is 2.18. The number of benzene rings is 4. The van der Waals surface area contributed by atoms with E-state index in [9.17, 15) is 0 Å². The summed E-state index contributed by atoms with van der Waals surface area (Å²) in [5, 5.41) is 2.54. The predicted octanol–water partition coefficient (Wildman–Crippen LogP) is 9.25. The highest BCUT2D eigenvalue weighted by atomic mass is 15.1. The number of allylic oxidation sites excluding steroid dienone is 4. The molecule has 0 saturated carbocycles. The zero-order chi connectivity index (χ0) is 25.6. The maximum absolute atomic E-state index is 4.07. The maximum atomic E-state index is 4.07. The molecule has 1 unspecified atom stereocenters. The molecule has 2 heteroatoms. The lowest BCUT2D eigenvalue weighted by Gasteiger charge is -2.29.